The van der Waals surface area contributed by atoms with E-state index in [9.17, 15) is 0 Å². The first-order valence-corrected chi connectivity index (χ1v) is 6.97. The molecule has 0 aromatic carbocycles. The molecule has 1 aromatic heterocycles. The number of nitrogens with zero attached hydrogens (tertiary/aromatic N) is 4. The van der Waals surface area contributed by atoms with Crippen molar-refractivity contribution in [1.29, 1.82) is 0 Å². The van der Waals surface area contributed by atoms with E-state index in [0.717, 1.165) is 30.6 Å². The summed E-state index contributed by atoms with van der Waals surface area (Å²) in [6.45, 7) is 8.04. The van der Waals surface area contributed by atoms with Crippen molar-refractivity contribution in [2.45, 2.75) is 39.8 Å². The van der Waals surface area contributed by atoms with E-state index in [1.54, 1.807) is 7.11 Å². The van der Waals surface area contributed by atoms with E-state index in [1.807, 2.05) is 18.5 Å². The maximum atomic E-state index is 5.04. The molecule has 0 aliphatic carbocycles. The Morgan fingerprint density at radius 2 is 2.20 bits per heavy atom. The fraction of sp³-hybridized carbons (Fsp3) is 0.769. The summed E-state index contributed by atoms with van der Waals surface area (Å²) in [6, 6.07) is 0.366. The highest BCUT2D eigenvalue weighted by molar-refractivity contribution is 5.80. The molecule has 0 spiro atoms. The van der Waals surface area contributed by atoms with E-state index in [1.165, 1.54) is 0 Å². The van der Waals surface area contributed by atoms with Gasteiger partial charge in [0.2, 0.25) is 0 Å². The van der Waals surface area contributed by atoms with Gasteiger partial charge in [0, 0.05) is 26.7 Å². The Morgan fingerprint density at radius 1 is 1.45 bits per heavy atom. The van der Waals surface area contributed by atoms with E-state index < -0.39 is 0 Å². The minimum absolute atomic E-state index is 0.366. The summed E-state index contributed by atoms with van der Waals surface area (Å²) in [6.07, 6.45) is 1.04. The highest BCUT2D eigenvalue weighted by Gasteiger charge is 2.06. The molecule has 2 N–H and O–H groups in total. The zero-order chi connectivity index (χ0) is 15.0. The molecule has 0 amide bonds. The molecular formula is C13H26N6O. The summed E-state index contributed by atoms with van der Waals surface area (Å²) in [5.74, 6) is 2.51. The summed E-state index contributed by atoms with van der Waals surface area (Å²) in [5, 5.41) is 14.7. The van der Waals surface area contributed by atoms with Gasteiger partial charge in [-0.05, 0) is 20.3 Å². The fourth-order valence-electron chi connectivity index (χ4n) is 1.50. The molecule has 0 saturated carbocycles. The molecule has 1 heterocycles. The zero-order valence-electron chi connectivity index (χ0n) is 13.1. The summed E-state index contributed by atoms with van der Waals surface area (Å²) in [4.78, 5) is 4.54. The highest BCUT2D eigenvalue weighted by Crippen LogP contribution is 1.99. The lowest BCUT2D eigenvalue weighted by Gasteiger charge is -2.16. The van der Waals surface area contributed by atoms with Crippen molar-refractivity contribution < 1.29 is 4.74 Å². The summed E-state index contributed by atoms with van der Waals surface area (Å²) in [5.41, 5.74) is 0. The number of methoxy groups -OCH3 is 1. The first kappa shape index (κ1) is 16.4. The number of hydrogen-bond acceptors (Lipinski definition) is 4. The Morgan fingerprint density at radius 3 is 2.75 bits per heavy atom. The minimum atomic E-state index is 0.366. The number of aliphatic imine (C=N–C) groups is 1. The van der Waals surface area contributed by atoms with Gasteiger partial charge in [-0.1, -0.05) is 6.92 Å². The third-order valence-electron chi connectivity index (χ3n) is 3.16. The molecule has 0 aliphatic rings. The molecule has 1 aromatic rings. The number of nitrogens with one attached hydrogen (secondary N) is 2. The van der Waals surface area contributed by atoms with Gasteiger partial charge in [0.05, 0.1) is 6.61 Å². The van der Waals surface area contributed by atoms with Gasteiger partial charge < -0.3 is 19.9 Å². The third kappa shape index (κ3) is 5.16. The molecular weight excluding hydrogens is 256 g/mol. The number of hydrogen-bond donors (Lipinski definition) is 2. The van der Waals surface area contributed by atoms with E-state index in [2.05, 4.69) is 39.7 Å². The molecule has 20 heavy (non-hydrogen) atoms. The summed E-state index contributed by atoms with van der Waals surface area (Å²) in [7, 11) is 3.63. The molecule has 0 radical (unpaired) electrons. The van der Waals surface area contributed by atoms with E-state index in [4.69, 9.17) is 4.74 Å². The lowest BCUT2D eigenvalue weighted by molar-refractivity contribution is 0.203. The molecule has 0 bridgehead atoms. The first-order valence-electron chi connectivity index (χ1n) is 6.97. The Labute approximate surface area is 120 Å². The van der Waals surface area contributed by atoms with Gasteiger partial charge in [-0.15, -0.1) is 10.2 Å². The molecule has 114 valence electrons. The topological polar surface area (TPSA) is 76.4 Å². The van der Waals surface area contributed by atoms with Crippen LogP contribution in [0.4, 0.5) is 0 Å². The van der Waals surface area contributed by atoms with Crippen molar-refractivity contribution in [3.05, 3.63) is 11.6 Å². The second-order valence-electron chi connectivity index (χ2n) is 4.76. The van der Waals surface area contributed by atoms with Crippen LogP contribution < -0.4 is 10.6 Å². The van der Waals surface area contributed by atoms with Crippen LogP contribution in [0.5, 0.6) is 0 Å². The average Bonchev–Trinajstić information content (AvgIpc) is 2.76. The van der Waals surface area contributed by atoms with Gasteiger partial charge in [-0.3, -0.25) is 0 Å². The van der Waals surface area contributed by atoms with E-state index >= 15 is 0 Å². The van der Waals surface area contributed by atoms with Crippen LogP contribution in [-0.4, -0.2) is 47.0 Å². The molecule has 1 rings (SSSR count). The summed E-state index contributed by atoms with van der Waals surface area (Å²) >= 11 is 0. The second-order valence-corrected chi connectivity index (χ2v) is 4.76. The standard InChI is InChI=1S/C13H26N6O/c1-6-10(2)16-13(14-7-8-20-5)15-9-12-18-17-11(3)19(12)4/h10H,6-9H2,1-5H3,(H2,14,15,16). The number of aromatic nitrogens is 3. The zero-order valence-corrected chi connectivity index (χ0v) is 13.1. The Bertz CT molecular complexity index is 428. The third-order valence-corrected chi connectivity index (χ3v) is 3.16. The van der Waals surface area contributed by atoms with Crippen LogP contribution in [0.15, 0.2) is 4.99 Å². The average molecular weight is 282 g/mol. The molecule has 7 heteroatoms. The van der Waals surface area contributed by atoms with Crippen molar-refractivity contribution in [2.75, 3.05) is 20.3 Å². The van der Waals surface area contributed by atoms with Crippen LogP contribution in [0.2, 0.25) is 0 Å². The van der Waals surface area contributed by atoms with Crippen LogP contribution in [0.1, 0.15) is 31.9 Å². The highest BCUT2D eigenvalue weighted by atomic mass is 16.5. The lowest BCUT2D eigenvalue weighted by Crippen LogP contribution is -2.43. The normalized spacial score (nSPS) is 13.3. The van der Waals surface area contributed by atoms with E-state index in [-0.39, 0.29) is 0 Å². The van der Waals surface area contributed by atoms with Crippen LogP contribution in [0.25, 0.3) is 0 Å². The molecule has 0 aliphatic heterocycles. The predicted molar refractivity (Wildman–Crippen MR) is 79.6 cm³/mol. The predicted octanol–water partition coefficient (Wildman–Crippen LogP) is 0.604. The Balaban J connectivity index is 2.65. The van der Waals surface area contributed by atoms with Gasteiger partial charge >= 0.3 is 0 Å². The van der Waals surface area contributed by atoms with Crippen molar-refractivity contribution in [3.8, 4) is 0 Å². The van der Waals surface area contributed by atoms with Crippen LogP contribution in [0.3, 0.4) is 0 Å². The van der Waals surface area contributed by atoms with Crippen molar-refractivity contribution in [2.24, 2.45) is 12.0 Å². The van der Waals surface area contributed by atoms with Crippen molar-refractivity contribution in [1.82, 2.24) is 25.4 Å². The Kier molecular flexibility index (Phi) is 7.00. The SMILES string of the molecule is CCC(C)NC(=NCc1nnc(C)n1C)NCCOC. The number of aryl methyl sites for hydroxylation is 1. The number of rotatable bonds is 7. The quantitative estimate of drug-likeness (QED) is 0.435. The molecule has 0 saturated heterocycles. The van der Waals surface area contributed by atoms with Gasteiger partial charge in [-0.2, -0.15) is 0 Å². The molecule has 7 nitrogen and oxygen atoms in total. The van der Waals surface area contributed by atoms with Crippen LogP contribution in [-0.2, 0) is 18.3 Å². The van der Waals surface area contributed by atoms with E-state index in [0.29, 0.717) is 19.2 Å². The number of guanidine groups is 1. The summed E-state index contributed by atoms with van der Waals surface area (Å²) < 4.78 is 6.98. The molecule has 1 unspecified atom stereocenters. The maximum Gasteiger partial charge on any atom is 0.191 e. The Hall–Kier alpha value is -1.63. The van der Waals surface area contributed by atoms with Crippen molar-refractivity contribution >= 4 is 5.96 Å². The van der Waals surface area contributed by atoms with Crippen molar-refractivity contribution in [3.63, 3.8) is 0 Å². The lowest BCUT2D eigenvalue weighted by atomic mass is 10.3. The first-order chi connectivity index (χ1) is 9.58. The smallest absolute Gasteiger partial charge is 0.191 e. The fourth-order valence-corrected chi connectivity index (χ4v) is 1.50. The molecule has 0 fully saturated rings. The second kappa shape index (κ2) is 8.52. The maximum absolute atomic E-state index is 5.04. The molecule has 1 atom stereocenters. The van der Waals surface area contributed by atoms with Gasteiger partial charge in [0.1, 0.15) is 12.4 Å². The largest absolute Gasteiger partial charge is 0.383 e. The monoisotopic (exact) mass is 282 g/mol. The minimum Gasteiger partial charge on any atom is -0.383 e. The van der Waals surface area contributed by atoms with Crippen LogP contribution in [0, 0.1) is 6.92 Å². The number of ether oxygens (including phenoxy) is 1. The van der Waals surface area contributed by atoms with Gasteiger partial charge in [0.25, 0.3) is 0 Å². The van der Waals surface area contributed by atoms with Crippen LogP contribution >= 0.6 is 0 Å². The van der Waals surface area contributed by atoms with Gasteiger partial charge in [0.15, 0.2) is 11.8 Å². The van der Waals surface area contributed by atoms with Gasteiger partial charge in [-0.25, -0.2) is 4.99 Å².